The summed E-state index contributed by atoms with van der Waals surface area (Å²) in [6.45, 7) is 4.21. The van der Waals surface area contributed by atoms with Crippen molar-refractivity contribution in [3.05, 3.63) is 10.4 Å². The molecule has 15 heavy (non-hydrogen) atoms. The average Bonchev–Trinajstić information content (AvgIpc) is 2.27. The first-order valence-corrected chi connectivity index (χ1v) is 5.71. The lowest BCUT2D eigenvalue weighted by Crippen LogP contribution is -2.34. The fourth-order valence-corrected chi connectivity index (χ4v) is 2.09. The molecule has 0 spiro atoms. The van der Waals surface area contributed by atoms with E-state index in [0.29, 0.717) is 19.1 Å². The quantitative estimate of drug-likeness (QED) is 0.315. The number of piperidine rings is 1. The number of rotatable bonds is 6. The second-order valence-corrected chi connectivity index (χ2v) is 4.11. The van der Waals surface area contributed by atoms with Crippen LogP contribution in [-0.4, -0.2) is 42.8 Å². The van der Waals surface area contributed by atoms with Gasteiger partial charge in [0.1, 0.15) is 0 Å². The van der Waals surface area contributed by atoms with Gasteiger partial charge in [0, 0.05) is 18.1 Å². The molecule has 1 saturated heterocycles. The van der Waals surface area contributed by atoms with Crippen molar-refractivity contribution in [3.63, 3.8) is 0 Å². The molecule has 0 bridgehead atoms. The molecule has 0 aromatic carbocycles. The van der Waals surface area contributed by atoms with E-state index in [9.17, 15) is 0 Å². The fourth-order valence-electron chi connectivity index (χ4n) is 2.09. The number of azide groups is 1. The summed E-state index contributed by atoms with van der Waals surface area (Å²) >= 11 is 0. The van der Waals surface area contributed by atoms with Crippen LogP contribution in [0.1, 0.15) is 25.7 Å². The normalized spacial score (nSPS) is 18.7. The minimum atomic E-state index is 0.321. The first kappa shape index (κ1) is 12.3. The topological polar surface area (TPSA) is 72.2 Å². The second-order valence-electron chi connectivity index (χ2n) is 4.11. The Morgan fingerprint density at radius 2 is 2.13 bits per heavy atom. The number of aliphatic hydroxyl groups is 1. The van der Waals surface area contributed by atoms with Crippen LogP contribution in [0, 0.1) is 5.92 Å². The Morgan fingerprint density at radius 3 is 2.73 bits per heavy atom. The van der Waals surface area contributed by atoms with Crippen LogP contribution >= 0.6 is 0 Å². The lowest BCUT2D eigenvalue weighted by molar-refractivity contribution is 0.158. The number of likely N-dealkylation sites (tertiary alicyclic amines) is 1. The van der Waals surface area contributed by atoms with E-state index >= 15 is 0 Å². The molecule has 1 N–H and O–H groups in total. The van der Waals surface area contributed by atoms with Crippen molar-refractivity contribution in [2.45, 2.75) is 25.7 Å². The minimum absolute atomic E-state index is 0.321. The molecular weight excluding hydrogens is 192 g/mol. The van der Waals surface area contributed by atoms with Gasteiger partial charge in [-0.3, -0.25) is 0 Å². The second kappa shape index (κ2) is 7.51. The van der Waals surface area contributed by atoms with Gasteiger partial charge in [0.2, 0.25) is 0 Å². The molecule has 1 fully saturated rings. The molecule has 1 aliphatic rings. The molecule has 0 atom stereocenters. The summed E-state index contributed by atoms with van der Waals surface area (Å²) in [5, 5.41) is 12.3. The van der Waals surface area contributed by atoms with Gasteiger partial charge in [0.15, 0.2) is 0 Å². The van der Waals surface area contributed by atoms with Crippen LogP contribution < -0.4 is 0 Å². The predicted molar refractivity (Wildman–Crippen MR) is 59.5 cm³/mol. The third-order valence-electron chi connectivity index (χ3n) is 3.04. The van der Waals surface area contributed by atoms with Gasteiger partial charge in [0.25, 0.3) is 0 Å². The molecular formula is C10H20N4O. The maximum Gasteiger partial charge on any atom is 0.0433 e. The van der Waals surface area contributed by atoms with E-state index in [2.05, 4.69) is 14.9 Å². The first-order valence-electron chi connectivity index (χ1n) is 5.71. The van der Waals surface area contributed by atoms with Crippen molar-refractivity contribution in [2.75, 3.05) is 32.8 Å². The van der Waals surface area contributed by atoms with Crippen LogP contribution in [-0.2, 0) is 0 Å². The van der Waals surface area contributed by atoms with E-state index in [1.54, 1.807) is 0 Å². The molecule has 5 nitrogen and oxygen atoms in total. The van der Waals surface area contributed by atoms with E-state index in [-0.39, 0.29) is 0 Å². The monoisotopic (exact) mass is 212 g/mol. The number of aliphatic hydroxyl groups excluding tert-OH is 1. The van der Waals surface area contributed by atoms with Crippen molar-refractivity contribution in [2.24, 2.45) is 11.0 Å². The standard InChI is InChI=1S/C10H20N4O/c11-13-12-5-1-6-14-7-2-10(3-8-14)4-9-15/h10,15H,1-9H2. The summed E-state index contributed by atoms with van der Waals surface area (Å²) in [4.78, 5) is 5.15. The molecule has 0 radical (unpaired) electrons. The highest BCUT2D eigenvalue weighted by molar-refractivity contribution is 4.72. The van der Waals surface area contributed by atoms with Crippen molar-refractivity contribution >= 4 is 0 Å². The molecule has 0 aliphatic carbocycles. The molecule has 0 amide bonds. The van der Waals surface area contributed by atoms with Crippen LogP contribution in [0.3, 0.4) is 0 Å². The molecule has 86 valence electrons. The Kier molecular flexibility index (Phi) is 6.16. The largest absolute Gasteiger partial charge is 0.396 e. The van der Waals surface area contributed by atoms with Crippen molar-refractivity contribution in [1.29, 1.82) is 0 Å². The Bertz CT molecular complexity index is 207. The fraction of sp³-hybridized carbons (Fsp3) is 1.00. The van der Waals surface area contributed by atoms with E-state index in [0.717, 1.165) is 32.5 Å². The summed E-state index contributed by atoms with van der Waals surface area (Å²) in [5.74, 6) is 0.711. The third kappa shape index (κ3) is 5.02. The predicted octanol–water partition coefficient (Wildman–Crippen LogP) is 1.78. The van der Waals surface area contributed by atoms with Gasteiger partial charge in [0.05, 0.1) is 0 Å². The van der Waals surface area contributed by atoms with Gasteiger partial charge in [-0.05, 0) is 56.8 Å². The molecule has 0 aromatic heterocycles. The van der Waals surface area contributed by atoms with Gasteiger partial charge < -0.3 is 10.0 Å². The molecule has 0 aromatic rings. The molecule has 1 rings (SSSR count). The van der Waals surface area contributed by atoms with Gasteiger partial charge in [-0.1, -0.05) is 5.11 Å². The van der Waals surface area contributed by atoms with Crippen molar-refractivity contribution in [1.82, 2.24) is 4.90 Å². The molecule has 0 unspecified atom stereocenters. The Balaban J connectivity index is 2.06. The van der Waals surface area contributed by atoms with Crippen molar-refractivity contribution < 1.29 is 5.11 Å². The van der Waals surface area contributed by atoms with Crippen LogP contribution in [0.5, 0.6) is 0 Å². The zero-order valence-electron chi connectivity index (χ0n) is 9.18. The van der Waals surface area contributed by atoms with Crippen LogP contribution in [0.4, 0.5) is 0 Å². The molecule has 1 aliphatic heterocycles. The van der Waals surface area contributed by atoms with Gasteiger partial charge in [-0.15, -0.1) is 0 Å². The average molecular weight is 212 g/mol. The van der Waals surface area contributed by atoms with Crippen LogP contribution in [0.15, 0.2) is 5.11 Å². The Labute approximate surface area is 90.7 Å². The zero-order valence-corrected chi connectivity index (χ0v) is 9.18. The smallest absolute Gasteiger partial charge is 0.0433 e. The number of hydrogen-bond acceptors (Lipinski definition) is 3. The van der Waals surface area contributed by atoms with E-state index < -0.39 is 0 Å². The Morgan fingerprint density at radius 1 is 1.40 bits per heavy atom. The van der Waals surface area contributed by atoms with E-state index in [1.165, 1.54) is 12.8 Å². The molecule has 5 heteroatoms. The molecule has 0 saturated carbocycles. The number of nitrogens with zero attached hydrogens (tertiary/aromatic N) is 4. The van der Waals surface area contributed by atoms with Gasteiger partial charge in [-0.2, -0.15) is 0 Å². The highest BCUT2D eigenvalue weighted by Crippen LogP contribution is 2.19. The maximum atomic E-state index is 8.82. The highest BCUT2D eigenvalue weighted by atomic mass is 16.3. The van der Waals surface area contributed by atoms with E-state index in [4.69, 9.17) is 10.6 Å². The lowest BCUT2D eigenvalue weighted by atomic mass is 9.94. The summed E-state index contributed by atoms with van der Waals surface area (Å²) in [5.41, 5.74) is 8.12. The van der Waals surface area contributed by atoms with E-state index in [1.807, 2.05) is 0 Å². The zero-order chi connectivity index (χ0) is 10.9. The first-order chi connectivity index (χ1) is 7.36. The highest BCUT2D eigenvalue weighted by Gasteiger charge is 2.17. The van der Waals surface area contributed by atoms with Crippen molar-refractivity contribution in [3.8, 4) is 0 Å². The summed E-state index contributed by atoms with van der Waals surface area (Å²) < 4.78 is 0. The van der Waals surface area contributed by atoms with Gasteiger partial charge in [-0.25, -0.2) is 0 Å². The minimum Gasteiger partial charge on any atom is -0.396 e. The molecule has 1 heterocycles. The van der Waals surface area contributed by atoms with Gasteiger partial charge >= 0.3 is 0 Å². The van der Waals surface area contributed by atoms with Crippen LogP contribution in [0.2, 0.25) is 0 Å². The maximum absolute atomic E-state index is 8.82. The third-order valence-corrected chi connectivity index (χ3v) is 3.04. The summed E-state index contributed by atoms with van der Waals surface area (Å²) in [6, 6.07) is 0. The Hall–Kier alpha value is -0.770. The summed E-state index contributed by atoms with van der Waals surface area (Å²) in [7, 11) is 0. The summed E-state index contributed by atoms with van der Waals surface area (Å²) in [6.07, 6.45) is 4.30. The SMILES string of the molecule is [N-]=[N+]=NCCCN1CCC(CCO)CC1. The number of hydrogen-bond donors (Lipinski definition) is 1. The lowest BCUT2D eigenvalue weighted by Gasteiger charge is -2.31. The van der Waals surface area contributed by atoms with Crippen LogP contribution in [0.25, 0.3) is 10.4 Å².